The summed E-state index contributed by atoms with van der Waals surface area (Å²) in [6, 6.07) is 0. The van der Waals surface area contributed by atoms with Gasteiger partial charge in [0.15, 0.2) is 5.82 Å². The molecule has 22 heavy (non-hydrogen) atoms. The van der Waals surface area contributed by atoms with Crippen LogP contribution in [0.1, 0.15) is 48.1 Å². The van der Waals surface area contributed by atoms with Gasteiger partial charge in [-0.05, 0) is 26.2 Å². The Balaban J connectivity index is 1.62. The van der Waals surface area contributed by atoms with E-state index in [9.17, 15) is 4.79 Å². The smallest absolute Gasteiger partial charge is 0.231 e. The van der Waals surface area contributed by atoms with Crippen molar-refractivity contribution in [2.24, 2.45) is 0 Å². The van der Waals surface area contributed by atoms with Crippen LogP contribution in [0, 0.1) is 6.92 Å². The fourth-order valence-electron chi connectivity index (χ4n) is 2.74. The highest BCUT2D eigenvalue weighted by molar-refractivity contribution is 7.09. The van der Waals surface area contributed by atoms with E-state index in [0.29, 0.717) is 24.7 Å². The highest BCUT2D eigenvalue weighted by Gasteiger charge is 2.28. The largest absolute Gasteiger partial charge is 0.342 e. The van der Waals surface area contributed by atoms with E-state index in [-0.39, 0.29) is 11.8 Å². The van der Waals surface area contributed by atoms with Crippen LogP contribution in [0.4, 0.5) is 0 Å². The molecule has 1 amide bonds. The van der Waals surface area contributed by atoms with Crippen molar-refractivity contribution < 1.29 is 9.32 Å². The number of piperidine rings is 1. The molecule has 0 aliphatic carbocycles. The lowest BCUT2D eigenvalue weighted by atomic mass is 9.97. The van der Waals surface area contributed by atoms with Crippen molar-refractivity contribution in [3.8, 4) is 0 Å². The number of likely N-dealkylation sites (tertiary alicyclic amines) is 1. The SMILES string of the molecule is CCc1nc(CC(=O)N2CCCC(c3nc(C)no3)C2)cs1. The lowest BCUT2D eigenvalue weighted by molar-refractivity contribution is -0.131. The molecule has 2 aromatic rings. The average Bonchev–Trinajstić information content (AvgIpc) is 3.16. The van der Waals surface area contributed by atoms with Crippen LogP contribution in [0.3, 0.4) is 0 Å². The maximum absolute atomic E-state index is 12.5. The van der Waals surface area contributed by atoms with Crippen molar-refractivity contribution in [2.45, 2.75) is 45.4 Å². The molecule has 0 radical (unpaired) electrons. The minimum absolute atomic E-state index is 0.133. The molecule has 0 aromatic carbocycles. The Kier molecular flexibility index (Phi) is 4.52. The number of carbonyl (C=O) groups is 1. The average molecular weight is 320 g/mol. The Labute approximate surface area is 133 Å². The van der Waals surface area contributed by atoms with E-state index in [2.05, 4.69) is 22.0 Å². The molecule has 0 spiro atoms. The monoisotopic (exact) mass is 320 g/mol. The quantitative estimate of drug-likeness (QED) is 0.864. The van der Waals surface area contributed by atoms with Crippen LogP contribution < -0.4 is 0 Å². The molecule has 7 heteroatoms. The zero-order valence-electron chi connectivity index (χ0n) is 12.9. The zero-order chi connectivity index (χ0) is 15.5. The van der Waals surface area contributed by atoms with Gasteiger partial charge in [-0.3, -0.25) is 4.79 Å². The predicted octanol–water partition coefficient (Wildman–Crippen LogP) is 2.35. The van der Waals surface area contributed by atoms with Crippen molar-refractivity contribution in [1.29, 1.82) is 0 Å². The Hall–Kier alpha value is -1.76. The topological polar surface area (TPSA) is 72.1 Å². The number of nitrogens with zero attached hydrogens (tertiary/aromatic N) is 4. The minimum Gasteiger partial charge on any atom is -0.342 e. The van der Waals surface area contributed by atoms with Crippen molar-refractivity contribution >= 4 is 17.2 Å². The number of thiazole rings is 1. The summed E-state index contributed by atoms with van der Waals surface area (Å²) in [5.41, 5.74) is 0.877. The number of hydrogen-bond acceptors (Lipinski definition) is 6. The van der Waals surface area contributed by atoms with Gasteiger partial charge in [0.25, 0.3) is 0 Å². The molecule has 6 nitrogen and oxygen atoms in total. The molecule has 1 fully saturated rings. The lowest BCUT2D eigenvalue weighted by Crippen LogP contribution is -2.40. The van der Waals surface area contributed by atoms with Crippen LogP contribution in [0.5, 0.6) is 0 Å². The van der Waals surface area contributed by atoms with Gasteiger partial charge in [0.05, 0.1) is 23.0 Å². The number of aryl methyl sites for hydroxylation is 2. The second-order valence-corrected chi connectivity index (χ2v) is 6.56. The summed E-state index contributed by atoms with van der Waals surface area (Å²) in [5.74, 6) is 1.58. The van der Waals surface area contributed by atoms with E-state index in [4.69, 9.17) is 4.52 Å². The molecular formula is C15H20N4O2S. The van der Waals surface area contributed by atoms with Crippen LogP contribution >= 0.6 is 11.3 Å². The molecule has 1 aliphatic heterocycles. The number of hydrogen-bond donors (Lipinski definition) is 0. The maximum atomic E-state index is 12.5. The van der Waals surface area contributed by atoms with Gasteiger partial charge in [-0.1, -0.05) is 12.1 Å². The first kappa shape index (κ1) is 15.1. The molecule has 1 saturated heterocycles. The van der Waals surface area contributed by atoms with E-state index in [0.717, 1.165) is 36.5 Å². The fraction of sp³-hybridized carbons (Fsp3) is 0.600. The van der Waals surface area contributed by atoms with E-state index in [1.165, 1.54) is 0 Å². The fourth-order valence-corrected chi connectivity index (χ4v) is 3.49. The first-order valence-electron chi connectivity index (χ1n) is 7.67. The van der Waals surface area contributed by atoms with Crippen LogP contribution in [0.2, 0.25) is 0 Å². The summed E-state index contributed by atoms with van der Waals surface area (Å²) in [6.07, 6.45) is 3.25. The summed E-state index contributed by atoms with van der Waals surface area (Å²) in [6.45, 7) is 5.34. The van der Waals surface area contributed by atoms with Gasteiger partial charge in [0.1, 0.15) is 0 Å². The highest BCUT2D eigenvalue weighted by Crippen LogP contribution is 2.26. The van der Waals surface area contributed by atoms with Gasteiger partial charge in [0.2, 0.25) is 11.8 Å². The van der Waals surface area contributed by atoms with Gasteiger partial charge in [-0.2, -0.15) is 4.98 Å². The Morgan fingerprint density at radius 1 is 1.50 bits per heavy atom. The molecular weight excluding hydrogens is 300 g/mol. The number of carbonyl (C=O) groups excluding carboxylic acids is 1. The predicted molar refractivity (Wildman–Crippen MR) is 82.8 cm³/mol. The highest BCUT2D eigenvalue weighted by atomic mass is 32.1. The summed E-state index contributed by atoms with van der Waals surface area (Å²) in [4.78, 5) is 23.1. The molecule has 2 aromatic heterocycles. The van der Waals surface area contributed by atoms with Gasteiger partial charge >= 0.3 is 0 Å². The molecule has 3 rings (SSSR count). The number of amides is 1. The maximum Gasteiger partial charge on any atom is 0.231 e. The molecule has 1 atom stereocenters. The summed E-state index contributed by atoms with van der Waals surface area (Å²) < 4.78 is 5.26. The third-order valence-electron chi connectivity index (χ3n) is 3.90. The van der Waals surface area contributed by atoms with Gasteiger partial charge < -0.3 is 9.42 Å². The number of rotatable bonds is 4. The Morgan fingerprint density at radius 3 is 3.05 bits per heavy atom. The van der Waals surface area contributed by atoms with Crippen molar-refractivity contribution in [2.75, 3.05) is 13.1 Å². The number of aromatic nitrogens is 3. The van der Waals surface area contributed by atoms with E-state index in [1.807, 2.05) is 17.2 Å². The Morgan fingerprint density at radius 2 is 2.36 bits per heavy atom. The van der Waals surface area contributed by atoms with E-state index in [1.54, 1.807) is 11.3 Å². The normalized spacial score (nSPS) is 18.6. The zero-order valence-corrected chi connectivity index (χ0v) is 13.7. The van der Waals surface area contributed by atoms with Gasteiger partial charge in [0, 0.05) is 18.5 Å². The summed E-state index contributed by atoms with van der Waals surface area (Å²) in [5, 5.41) is 6.91. The molecule has 1 unspecified atom stereocenters. The van der Waals surface area contributed by atoms with Crippen molar-refractivity contribution in [3.63, 3.8) is 0 Å². The van der Waals surface area contributed by atoms with Crippen LogP contribution in [-0.4, -0.2) is 39.0 Å². The summed E-state index contributed by atoms with van der Waals surface area (Å²) >= 11 is 1.62. The van der Waals surface area contributed by atoms with Crippen LogP contribution in [0.25, 0.3) is 0 Å². The molecule has 0 N–H and O–H groups in total. The second kappa shape index (κ2) is 6.56. The van der Waals surface area contributed by atoms with Crippen LogP contribution in [-0.2, 0) is 17.6 Å². The lowest BCUT2D eigenvalue weighted by Gasteiger charge is -2.30. The van der Waals surface area contributed by atoms with Gasteiger partial charge in [-0.15, -0.1) is 11.3 Å². The van der Waals surface area contributed by atoms with Crippen molar-refractivity contribution in [3.05, 3.63) is 27.8 Å². The third kappa shape index (κ3) is 3.35. The van der Waals surface area contributed by atoms with E-state index >= 15 is 0 Å². The molecule has 1 aliphatic rings. The molecule has 118 valence electrons. The first-order chi connectivity index (χ1) is 10.7. The van der Waals surface area contributed by atoms with Crippen molar-refractivity contribution in [1.82, 2.24) is 20.0 Å². The van der Waals surface area contributed by atoms with E-state index < -0.39 is 0 Å². The van der Waals surface area contributed by atoms with Gasteiger partial charge in [-0.25, -0.2) is 4.98 Å². The molecule has 3 heterocycles. The second-order valence-electron chi connectivity index (χ2n) is 5.62. The Bertz CT molecular complexity index is 652. The third-order valence-corrected chi connectivity index (χ3v) is 4.94. The first-order valence-corrected chi connectivity index (χ1v) is 8.55. The van der Waals surface area contributed by atoms with Crippen LogP contribution in [0.15, 0.2) is 9.90 Å². The minimum atomic E-state index is 0.133. The molecule has 0 bridgehead atoms. The standard InChI is InChI=1S/C15H20N4O2S/c1-3-13-17-12(9-22-13)7-14(20)19-6-4-5-11(8-19)15-16-10(2)18-21-15/h9,11H,3-8H2,1-2H3. The molecule has 0 saturated carbocycles. The summed E-state index contributed by atoms with van der Waals surface area (Å²) in [7, 11) is 0.